The third kappa shape index (κ3) is 34.3. The number of allylic oxidation sites excluding steroid dienone is 10. The first kappa shape index (κ1) is 44.1. The normalized spacial score (nSPS) is 12.7. The van der Waals surface area contributed by atoms with Gasteiger partial charge in [0.2, 0.25) is 0 Å². The van der Waals surface area contributed by atoms with Gasteiger partial charge in [0.25, 0.3) is 0 Å². The van der Waals surface area contributed by atoms with E-state index >= 15 is 0 Å². The monoisotopic (exact) mass is 657 g/mol. The lowest BCUT2D eigenvalue weighted by Gasteiger charge is -2.18. The third-order valence-corrected chi connectivity index (χ3v) is 7.49. The van der Waals surface area contributed by atoms with Crippen LogP contribution >= 0.6 is 0 Å². The van der Waals surface area contributed by atoms with Gasteiger partial charge in [0.1, 0.15) is 13.2 Å². The highest BCUT2D eigenvalue weighted by atomic mass is 16.6. The van der Waals surface area contributed by atoms with Crippen LogP contribution in [0.1, 0.15) is 162 Å². The van der Waals surface area contributed by atoms with Crippen LogP contribution in [-0.4, -0.2) is 37.2 Å². The molecule has 0 bridgehead atoms. The number of rotatable bonds is 32. The van der Waals surface area contributed by atoms with Crippen molar-refractivity contribution in [2.24, 2.45) is 0 Å². The predicted molar refractivity (Wildman–Crippen MR) is 196 cm³/mol. The molecule has 0 aromatic rings. The Balaban J connectivity index is 4.47. The summed E-state index contributed by atoms with van der Waals surface area (Å²) in [6.45, 7) is 6.23. The summed E-state index contributed by atoms with van der Waals surface area (Å²) in [6.07, 6.45) is 40.9. The van der Waals surface area contributed by atoms with Crippen LogP contribution in [0.2, 0.25) is 0 Å². The molecule has 0 radical (unpaired) electrons. The Labute approximate surface area is 288 Å². The molecule has 0 aliphatic carbocycles. The molecule has 0 aliphatic heterocycles. The minimum absolute atomic E-state index is 0.104. The van der Waals surface area contributed by atoms with Gasteiger partial charge in [0.05, 0.1) is 0 Å². The Hall–Kier alpha value is -2.89. The van der Waals surface area contributed by atoms with Gasteiger partial charge in [0.15, 0.2) is 6.10 Å². The smallest absolute Gasteiger partial charge is 0.306 e. The van der Waals surface area contributed by atoms with Gasteiger partial charge in [-0.3, -0.25) is 14.4 Å². The van der Waals surface area contributed by atoms with Gasteiger partial charge in [-0.2, -0.15) is 0 Å². The van der Waals surface area contributed by atoms with E-state index in [0.29, 0.717) is 19.3 Å². The molecule has 0 aromatic heterocycles. The van der Waals surface area contributed by atoms with Crippen molar-refractivity contribution in [2.75, 3.05) is 13.2 Å². The third-order valence-electron chi connectivity index (χ3n) is 7.49. The van der Waals surface area contributed by atoms with Crippen LogP contribution < -0.4 is 0 Å². The molecule has 1 atom stereocenters. The second kappa shape index (κ2) is 36.0. The molecule has 47 heavy (non-hydrogen) atoms. The molecule has 0 fully saturated rings. The average molecular weight is 657 g/mol. The van der Waals surface area contributed by atoms with E-state index in [9.17, 15) is 14.4 Å². The summed E-state index contributed by atoms with van der Waals surface area (Å²) in [4.78, 5) is 37.3. The highest BCUT2D eigenvalue weighted by molar-refractivity contribution is 5.71. The fraction of sp³-hybridized carbons (Fsp3) is 0.683. The molecule has 0 heterocycles. The number of ether oxygens (including phenoxy) is 3. The van der Waals surface area contributed by atoms with Gasteiger partial charge in [-0.15, -0.1) is 0 Å². The molecule has 0 amide bonds. The van der Waals surface area contributed by atoms with Gasteiger partial charge >= 0.3 is 17.9 Å². The summed E-state index contributed by atoms with van der Waals surface area (Å²) in [7, 11) is 0. The lowest BCUT2D eigenvalue weighted by Crippen LogP contribution is -2.30. The molecule has 0 rings (SSSR count). The zero-order valence-corrected chi connectivity index (χ0v) is 30.3. The first-order chi connectivity index (χ1) is 23.0. The first-order valence-electron chi connectivity index (χ1n) is 18.8. The van der Waals surface area contributed by atoms with Gasteiger partial charge in [0, 0.05) is 19.3 Å². The standard InChI is InChI=1S/C41H68O6/c1-4-7-10-13-16-19-20-23-25-28-31-34-40(43)46-37-38(47-41(44)35-32-29-26-22-18-15-12-9-6-3)36-45-39(42)33-30-27-24-21-17-14-11-8-5-2/h8-9,11-13,16-18,21-22,38H,4-7,10,14-15,19-20,23-37H2,1-3H3/b11-8-,12-9-,16-13-,21-17-,22-18-. The Morgan fingerprint density at radius 3 is 1.34 bits per heavy atom. The van der Waals surface area contributed by atoms with Crippen molar-refractivity contribution >= 4 is 17.9 Å². The zero-order chi connectivity index (χ0) is 34.5. The minimum atomic E-state index is -0.801. The lowest BCUT2D eigenvalue weighted by atomic mass is 10.1. The van der Waals surface area contributed by atoms with Crippen LogP contribution in [0.5, 0.6) is 0 Å². The summed E-state index contributed by atoms with van der Waals surface area (Å²) in [5.41, 5.74) is 0. The Bertz CT molecular complexity index is 898. The molecule has 0 spiro atoms. The number of carbonyl (C=O) groups is 3. The van der Waals surface area contributed by atoms with Crippen molar-refractivity contribution in [1.82, 2.24) is 0 Å². The van der Waals surface area contributed by atoms with E-state index < -0.39 is 6.10 Å². The van der Waals surface area contributed by atoms with Gasteiger partial charge in [-0.25, -0.2) is 0 Å². The number of esters is 3. The van der Waals surface area contributed by atoms with Crippen molar-refractivity contribution < 1.29 is 28.6 Å². The molecule has 6 nitrogen and oxygen atoms in total. The zero-order valence-electron chi connectivity index (χ0n) is 30.3. The molecule has 0 aromatic carbocycles. The van der Waals surface area contributed by atoms with Crippen LogP contribution in [0.25, 0.3) is 0 Å². The highest BCUT2D eigenvalue weighted by Crippen LogP contribution is 2.11. The van der Waals surface area contributed by atoms with Gasteiger partial charge in [-0.05, 0) is 89.9 Å². The van der Waals surface area contributed by atoms with E-state index in [1.54, 1.807) is 0 Å². The average Bonchev–Trinajstić information content (AvgIpc) is 3.06. The summed E-state index contributed by atoms with van der Waals surface area (Å²) in [5, 5.41) is 0. The number of unbranched alkanes of at least 4 members (excludes halogenated alkanes) is 11. The summed E-state index contributed by atoms with van der Waals surface area (Å²) < 4.78 is 16.5. The van der Waals surface area contributed by atoms with Crippen molar-refractivity contribution in [3.8, 4) is 0 Å². The molecule has 0 aliphatic rings. The molecular weight excluding hydrogens is 588 g/mol. The topological polar surface area (TPSA) is 78.9 Å². The van der Waals surface area contributed by atoms with Crippen LogP contribution in [0, 0.1) is 0 Å². The van der Waals surface area contributed by atoms with E-state index in [0.717, 1.165) is 89.9 Å². The van der Waals surface area contributed by atoms with Crippen molar-refractivity contribution in [2.45, 2.75) is 168 Å². The molecular formula is C41H68O6. The Morgan fingerprint density at radius 1 is 0.447 bits per heavy atom. The molecule has 1 unspecified atom stereocenters. The molecule has 0 saturated carbocycles. The van der Waals surface area contributed by atoms with E-state index in [1.807, 2.05) is 0 Å². The Morgan fingerprint density at radius 2 is 0.830 bits per heavy atom. The molecule has 0 N–H and O–H groups in total. The lowest BCUT2D eigenvalue weighted by molar-refractivity contribution is -0.167. The quantitative estimate of drug-likeness (QED) is 0.0310. The number of hydrogen-bond acceptors (Lipinski definition) is 6. The number of carbonyl (C=O) groups excluding carboxylic acids is 3. The van der Waals surface area contributed by atoms with Crippen molar-refractivity contribution in [1.29, 1.82) is 0 Å². The van der Waals surface area contributed by atoms with Crippen LogP contribution in [-0.2, 0) is 28.6 Å². The van der Waals surface area contributed by atoms with E-state index in [-0.39, 0.29) is 37.5 Å². The highest BCUT2D eigenvalue weighted by Gasteiger charge is 2.19. The van der Waals surface area contributed by atoms with Gasteiger partial charge in [-0.1, -0.05) is 114 Å². The molecule has 6 heteroatoms. The number of hydrogen-bond donors (Lipinski definition) is 0. The Kier molecular flexibility index (Phi) is 33.7. The van der Waals surface area contributed by atoms with Crippen molar-refractivity contribution in [3.63, 3.8) is 0 Å². The van der Waals surface area contributed by atoms with Crippen LogP contribution in [0.4, 0.5) is 0 Å². The van der Waals surface area contributed by atoms with E-state index in [2.05, 4.69) is 81.5 Å². The fourth-order valence-corrected chi connectivity index (χ4v) is 4.67. The second-order valence-corrected chi connectivity index (χ2v) is 12.1. The van der Waals surface area contributed by atoms with Crippen molar-refractivity contribution in [3.05, 3.63) is 60.8 Å². The maximum absolute atomic E-state index is 12.5. The summed E-state index contributed by atoms with van der Waals surface area (Å²) in [6, 6.07) is 0. The summed E-state index contributed by atoms with van der Waals surface area (Å²) in [5.74, 6) is -1.00. The van der Waals surface area contributed by atoms with Gasteiger partial charge < -0.3 is 14.2 Å². The summed E-state index contributed by atoms with van der Waals surface area (Å²) >= 11 is 0. The van der Waals surface area contributed by atoms with Crippen LogP contribution in [0.3, 0.4) is 0 Å². The van der Waals surface area contributed by atoms with Crippen LogP contribution in [0.15, 0.2) is 60.8 Å². The maximum Gasteiger partial charge on any atom is 0.306 e. The molecule has 268 valence electrons. The minimum Gasteiger partial charge on any atom is -0.462 e. The van der Waals surface area contributed by atoms with E-state index in [1.165, 1.54) is 25.7 Å². The SMILES string of the molecule is CC/C=C\C/C=C\CCCCC(=O)OCC(COC(=O)CCCCCCC/C=C\CCCC)OC(=O)CCCC/C=C\C/C=C\CC. The largest absolute Gasteiger partial charge is 0.462 e. The first-order valence-corrected chi connectivity index (χ1v) is 18.8. The second-order valence-electron chi connectivity index (χ2n) is 12.1. The van der Waals surface area contributed by atoms with E-state index in [4.69, 9.17) is 14.2 Å². The molecule has 0 saturated heterocycles. The maximum atomic E-state index is 12.5. The predicted octanol–water partition coefficient (Wildman–Crippen LogP) is 11.4. The fourth-order valence-electron chi connectivity index (χ4n) is 4.67.